The Bertz CT molecular complexity index is 777. The van der Waals surface area contributed by atoms with E-state index < -0.39 is 5.41 Å². The van der Waals surface area contributed by atoms with Gasteiger partial charge < -0.3 is 9.64 Å². The lowest BCUT2D eigenvalue weighted by atomic mass is 9.75. The lowest BCUT2D eigenvalue weighted by molar-refractivity contribution is -0.158. The summed E-state index contributed by atoms with van der Waals surface area (Å²) in [5.41, 5.74) is -0.436. The Hall–Kier alpha value is -2.21. The van der Waals surface area contributed by atoms with Crippen molar-refractivity contribution in [2.24, 2.45) is 5.41 Å². The van der Waals surface area contributed by atoms with E-state index in [0.717, 1.165) is 0 Å². The summed E-state index contributed by atoms with van der Waals surface area (Å²) in [7, 11) is 0. The SMILES string of the molecule is CCOC(=O)C1(Cc2ccccc2F)CCCN(C(=O)c2cccs2)C1. The van der Waals surface area contributed by atoms with Crippen molar-refractivity contribution < 1.29 is 18.7 Å². The number of esters is 1. The van der Waals surface area contributed by atoms with Crippen molar-refractivity contribution in [3.63, 3.8) is 0 Å². The van der Waals surface area contributed by atoms with Gasteiger partial charge in [-0.05, 0) is 49.3 Å². The summed E-state index contributed by atoms with van der Waals surface area (Å²) in [6.07, 6.45) is 1.49. The number of nitrogens with zero attached hydrogens (tertiary/aromatic N) is 1. The third-order valence-corrected chi connectivity index (χ3v) is 5.65. The fraction of sp³-hybridized carbons (Fsp3) is 0.400. The maximum Gasteiger partial charge on any atom is 0.314 e. The second kappa shape index (κ2) is 7.99. The van der Waals surface area contributed by atoms with Crippen molar-refractivity contribution in [3.05, 3.63) is 58.0 Å². The number of amides is 1. The number of rotatable bonds is 5. The molecule has 1 unspecified atom stereocenters. The largest absolute Gasteiger partial charge is 0.466 e. The molecule has 1 aromatic heterocycles. The number of likely N-dealkylation sites (tertiary alicyclic amines) is 1. The quantitative estimate of drug-likeness (QED) is 0.744. The van der Waals surface area contributed by atoms with E-state index in [2.05, 4.69) is 0 Å². The Kier molecular flexibility index (Phi) is 5.71. The Labute approximate surface area is 156 Å². The van der Waals surface area contributed by atoms with E-state index in [1.54, 1.807) is 36.1 Å². The topological polar surface area (TPSA) is 46.6 Å². The molecule has 1 amide bonds. The van der Waals surface area contributed by atoms with Crippen LogP contribution in [0.1, 0.15) is 35.0 Å². The van der Waals surface area contributed by atoms with E-state index in [1.165, 1.54) is 17.4 Å². The van der Waals surface area contributed by atoms with Crippen LogP contribution in [-0.4, -0.2) is 36.5 Å². The van der Waals surface area contributed by atoms with Gasteiger partial charge in [-0.15, -0.1) is 11.3 Å². The van der Waals surface area contributed by atoms with Crippen LogP contribution in [0.25, 0.3) is 0 Å². The van der Waals surface area contributed by atoms with Crippen LogP contribution >= 0.6 is 11.3 Å². The first-order chi connectivity index (χ1) is 12.6. The molecule has 6 heteroatoms. The molecule has 0 aliphatic carbocycles. The summed E-state index contributed by atoms with van der Waals surface area (Å²) in [6.45, 7) is 2.86. The van der Waals surface area contributed by atoms with Crippen molar-refractivity contribution in [2.75, 3.05) is 19.7 Å². The predicted octanol–water partition coefficient (Wildman–Crippen LogP) is 3.92. The highest BCUT2D eigenvalue weighted by molar-refractivity contribution is 7.12. The monoisotopic (exact) mass is 375 g/mol. The molecular formula is C20H22FNO3S. The minimum atomic E-state index is -0.913. The molecule has 1 aliphatic heterocycles. The first-order valence-electron chi connectivity index (χ1n) is 8.79. The highest BCUT2D eigenvalue weighted by atomic mass is 32.1. The Morgan fingerprint density at radius 1 is 1.27 bits per heavy atom. The fourth-order valence-electron chi connectivity index (χ4n) is 3.53. The van der Waals surface area contributed by atoms with Crippen LogP contribution in [0.5, 0.6) is 0 Å². The number of halogens is 1. The molecule has 0 radical (unpaired) electrons. The van der Waals surface area contributed by atoms with Gasteiger partial charge in [0, 0.05) is 13.1 Å². The van der Waals surface area contributed by atoms with Gasteiger partial charge in [-0.3, -0.25) is 9.59 Å². The average molecular weight is 375 g/mol. The number of thiophene rings is 1. The first kappa shape index (κ1) is 18.6. The highest BCUT2D eigenvalue weighted by Gasteiger charge is 2.45. The first-order valence-corrected chi connectivity index (χ1v) is 9.67. The van der Waals surface area contributed by atoms with E-state index >= 15 is 0 Å². The highest BCUT2D eigenvalue weighted by Crippen LogP contribution is 2.36. The minimum absolute atomic E-state index is 0.0816. The molecule has 4 nitrogen and oxygen atoms in total. The molecule has 0 saturated carbocycles. The lowest BCUT2D eigenvalue weighted by Crippen LogP contribution is -2.51. The maximum atomic E-state index is 14.2. The Morgan fingerprint density at radius 3 is 2.77 bits per heavy atom. The summed E-state index contributed by atoms with van der Waals surface area (Å²) >= 11 is 1.38. The van der Waals surface area contributed by atoms with Crippen LogP contribution in [0.3, 0.4) is 0 Å². The van der Waals surface area contributed by atoms with Gasteiger partial charge in [-0.2, -0.15) is 0 Å². The van der Waals surface area contributed by atoms with Gasteiger partial charge in [0.25, 0.3) is 5.91 Å². The summed E-state index contributed by atoms with van der Waals surface area (Å²) in [5.74, 6) is -0.772. The van der Waals surface area contributed by atoms with Gasteiger partial charge in [0.2, 0.25) is 0 Å². The van der Waals surface area contributed by atoms with Crippen LogP contribution in [0.15, 0.2) is 41.8 Å². The van der Waals surface area contributed by atoms with Gasteiger partial charge in [-0.25, -0.2) is 4.39 Å². The smallest absolute Gasteiger partial charge is 0.314 e. The van der Waals surface area contributed by atoms with Crippen LogP contribution in [0.2, 0.25) is 0 Å². The van der Waals surface area contributed by atoms with Crippen LogP contribution in [0, 0.1) is 11.2 Å². The van der Waals surface area contributed by atoms with E-state index in [-0.39, 0.29) is 37.3 Å². The van der Waals surface area contributed by atoms with Crippen molar-refractivity contribution in [3.8, 4) is 0 Å². The van der Waals surface area contributed by atoms with Crippen molar-refractivity contribution in [1.82, 2.24) is 4.90 Å². The number of ether oxygens (including phenoxy) is 1. The summed E-state index contributed by atoms with van der Waals surface area (Å²) in [5, 5.41) is 1.86. The molecule has 1 atom stereocenters. The number of carbonyl (C=O) groups is 2. The van der Waals surface area contributed by atoms with E-state index in [1.807, 2.05) is 11.4 Å². The van der Waals surface area contributed by atoms with Crippen molar-refractivity contribution in [2.45, 2.75) is 26.2 Å². The van der Waals surface area contributed by atoms with Crippen molar-refractivity contribution in [1.29, 1.82) is 0 Å². The molecule has 26 heavy (non-hydrogen) atoms. The predicted molar refractivity (Wildman–Crippen MR) is 98.6 cm³/mol. The normalized spacial score (nSPS) is 20.0. The number of carbonyl (C=O) groups excluding carboxylic acids is 2. The molecule has 2 heterocycles. The van der Waals surface area contributed by atoms with Crippen LogP contribution < -0.4 is 0 Å². The maximum absolute atomic E-state index is 14.2. The molecular weight excluding hydrogens is 353 g/mol. The van der Waals surface area contributed by atoms with E-state index in [4.69, 9.17) is 4.74 Å². The van der Waals surface area contributed by atoms with Crippen LogP contribution in [-0.2, 0) is 16.0 Å². The second-order valence-electron chi connectivity index (χ2n) is 6.58. The van der Waals surface area contributed by atoms with Crippen LogP contribution in [0.4, 0.5) is 4.39 Å². The van der Waals surface area contributed by atoms with E-state index in [9.17, 15) is 14.0 Å². The molecule has 0 spiro atoms. The third-order valence-electron chi connectivity index (χ3n) is 4.79. The molecule has 0 N–H and O–H groups in total. The number of hydrogen-bond acceptors (Lipinski definition) is 4. The summed E-state index contributed by atoms with van der Waals surface area (Å²) in [6, 6.07) is 10.1. The standard InChI is InChI=1S/C20H22FNO3S/c1-2-25-19(24)20(13-15-7-3-4-8-16(15)21)10-6-11-22(14-20)18(23)17-9-5-12-26-17/h3-5,7-9,12H,2,6,10-11,13-14H2,1H3. The molecule has 1 fully saturated rings. The fourth-order valence-corrected chi connectivity index (χ4v) is 4.23. The Morgan fingerprint density at radius 2 is 2.08 bits per heavy atom. The van der Waals surface area contributed by atoms with Gasteiger partial charge in [0.1, 0.15) is 5.82 Å². The molecule has 1 aliphatic rings. The van der Waals surface area contributed by atoms with Gasteiger partial charge >= 0.3 is 5.97 Å². The zero-order valence-electron chi connectivity index (χ0n) is 14.7. The lowest BCUT2D eigenvalue weighted by Gasteiger charge is -2.41. The number of hydrogen-bond donors (Lipinski definition) is 0. The molecule has 0 bridgehead atoms. The van der Waals surface area contributed by atoms with Crippen molar-refractivity contribution >= 4 is 23.2 Å². The second-order valence-corrected chi connectivity index (χ2v) is 7.52. The number of piperidine rings is 1. The minimum Gasteiger partial charge on any atom is -0.466 e. The molecule has 2 aromatic rings. The van der Waals surface area contributed by atoms with Gasteiger partial charge in [-0.1, -0.05) is 24.3 Å². The molecule has 138 valence electrons. The zero-order valence-corrected chi connectivity index (χ0v) is 15.6. The zero-order chi connectivity index (χ0) is 18.6. The van der Waals surface area contributed by atoms with Gasteiger partial charge in [0.05, 0.1) is 16.9 Å². The van der Waals surface area contributed by atoms with Gasteiger partial charge in [0.15, 0.2) is 0 Å². The summed E-state index contributed by atoms with van der Waals surface area (Å²) < 4.78 is 19.5. The molecule has 1 saturated heterocycles. The summed E-state index contributed by atoms with van der Waals surface area (Å²) in [4.78, 5) is 27.9. The Balaban J connectivity index is 1.89. The third kappa shape index (κ3) is 3.80. The molecule has 3 rings (SSSR count). The average Bonchev–Trinajstić information content (AvgIpc) is 3.18. The van der Waals surface area contributed by atoms with E-state index in [0.29, 0.717) is 29.8 Å². The number of benzene rings is 1. The molecule has 1 aromatic carbocycles.